The number of nitrogens with one attached hydrogen (secondary N) is 5. The molecule has 0 aromatic heterocycles. The fourth-order valence-corrected chi connectivity index (χ4v) is 3.44. The zero-order chi connectivity index (χ0) is 20.8. The lowest BCUT2D eigenvalue weighted by molar-refractivity contribution is -0.128. The van der Waals surface area contributed by atoms with Gasteiger partial charge in [0.15, 0.2) is 0 Å². The number of amidine groups is 1. The SMILES string of the molecule is CN/C(=C\C=N)c1cccc(NC(=N)C2=C(NCC3CC3)CCN(C(C)=O)C2)c1. The average Bonchev–Trinajstić information content (AvgIpc) is 3.55. The monoisotopic (exact) mass is 394 g/mol. The van der Waals surface area contributed by atoms with Crippen molar-refractivity contribution in [2.24, 2.45) is 5.92 Å². The summed E-state index contributed by atoms with van der Waals surface area (Å²) in [6.07, 6.45) is 6.23. The van der Waals surface area contributed by atoms with Crippen molar-refractivity contribution in [3.8, 4) is 0 Å². The summed E-state index contributed by atoms with van der Waals surface area (Å²) in [5.41, 5.74) is 4.49. The van der Waals surface area contributed by atoms with Gasteiger partial charge in [-0.15, -0.1) is 0 Å². The minimum atomic E-state index is 0.0361. The standard InChI is InChI=1S/C22H30N6O/c1-15(29)28-11-9-21(26-13-16-6-7-16)19(14-28)22(24)27-18-5-3-4-17(12-18)20(25-2)8-10-23/h3-5,8,10,12,16,23,25-26H,6-7,9,11,13-14H2,1-2H3,(H2,24,27)/b20-8-,23-10?. The molecule has 1 aromatic carbocycles. The second-order valence-electron chi connectivity index (χ2n) is 7.55. The van der Waals surface area contributed by atoms with Gasteiger partial charge in [-0.1, -0.05) is 12.1 Å². The molecule has 1 amide bonds. The molecule has 1 saturated carbocycles. The van der Waals surface area contributed by atoms with Crippen LogP contribution in [0, 0.1) is 16.7 Å². The van der Waals surface area contributed by atoms with E-state index < -0.39 is 0 Å². The van der Waals surface area contributed by atoms with Crippen LogP contribution in [0.5, 0.6) is 0 Å². The van der Waals surface area contributed by atoms with Crippen LogP contribution in [0.2, 0.25) is 0 Å². The number of anilines is 1. The van der Waals surface area contributed by atoms with E-state index in [1.54, 1.807) is 17.9 Å². The molecular formula is C22H30N6O. The molecule has 1 heterocycles. The van der Waals surface area contributed by atoms with Gasteiger partial charge in [-0.3, -0.25) is 10.2 Å². The summed E-state index contributed by atoms with van der Waals surface area (Å²) in [4.78, 5) is 13.7. The lowest BCUT2D eigenvalue weighted by Gasteiger charge is -2.31. The summed E-state index contributed by atoms with van der Waals surface area (Å²) in [5.74, 6) is 1.09. The minimum Gasteiger partial charge on any atom is -0.388 e. The van der Waals surface area contributed by atoms with Crippen LogP contribution in [0.1, 0.15) is 31.7 Å². The van der Waals surface area contributed by atoms with Gasteiger partial charge >= 0.3 is 0 Å². The maximum atomic E-state index is 11.9. The zero-order valence-electron chi connectivity index (χ0n) is 17.1. The van der Waals surface area contributed by atoms with E-state index in [1.807, 2.05) is 31.3 Å². The number of hydrogen-bond acceptors (Lipinski definition) is 5. The molecule has 0 saturated heterocycles. The Morgan fingerprint density at radius 1 is 1.34 bits per heavy atom. The van der Waals surface area contributed by atoms with E-state index in [1.165, 1.54) is 19.1 Å². The predicted molar refractivity (Wildman–Crippen MR) is 118 cm³/mol. The van der Waals surface area contributed by atoms with Crippen LogP contribution in [-0.4, -0.2) is 49.5 Å². The number of amides is 1. The summed E-state index contributed by atoms with van der Waals surface area (Å²) in [5, 5.41) is 25.8. The van der Waals surface area contributed by atoms with Crippen molar-refractivity contribution in [2.75, 3.05) is 32.0 Å². The highest BCUT2D eigenvalue weighted by Gasteiger charge is 2.26. The number of benzene rings is 1. The van der Waals surface area contributed by atoms with Gasteiger partial charge in [0, 0.05) is 62.4 Å². The van der Waals surface area contributed by atoms with E-state index in [0.717, 1.165) is 47.1 Å². The topological polar surface area (TPSA) is 104 Å². The number of carbonyl (C=O) groups is 1. The molecule has 154 valence electrons. The molecule has 7 nitrogen and oxygen atoms in total. The van der Waals surface area contributed by atoms with Crippen LogP contribution < -0.4 is 16.0 Å². The van der Waals surface area contributed by atoms with Gasteiger partial charge in [-0.25, -0.2) is 0 Å². The molecule has 1 fully saturated rings. The Morgan fingerprint density at radius 3 is 2.79 bits per heavy atom. The largest absolute Gasteiger partial charge is 0.388 e. The van der Waals surface area contributed by atoms with E-state index in [9.17, 15) is 4.79 Å². The van der Waals surface area contributed by atoms with Crippen molar-refractivity contribution in [2.45, 2.75) is 26.2 Å². The molecule has 0 atom stereocenters. The summed E-state index contributed by atoms with van der Waals surface area (Å²) in [6, 6.07) is 7.74. The normalized spacial score (nSPS) is 17.0. The van der Waals surface area contributed by atoms with Crippen molar-refractivity contribution in [1.29, 1.82) is 10.8 Å². The highest BCUT2D eigenvalue weighted by Crippen LogP contribution is 2.29. The molecule has 5 N–H and O–H groups in total. The van der Waals surface area contributed by atoms with Crippen LogP contribution >= 0.6 is 0 Å². The van der Waals surface area contributed by atoms with Gasteiger partial charge in [0.1, 0.15) is 5.84 Å². The maximum Gasteiger partial charge on any atom is 0.219 e. The molecule has 1 aliphatic heterocycles. The van der Waals surface area contributed by atoms with E-state index in [0.29, 0.717) is 18.9 Å². The highest BCUT2D eigenvalue weighted by atomic mass is 16.2. The fourth-order valence-electron chi connectivity index (χ4n) is 3.44. The Bertz CT molecular complexity index is 853. The second kappa shape index (κ2) is 9.41. The number of nitrogens with zero attached hydrogens (tertiary/aromatic N) is 1. The van der Waals surface area contributed by atoms with Gasteiger partial charge < -0.3 is 26.3 Å². The number of carbonyl (C=O) groups excluding carboxylic acids is 1. The van der Waals surface area contributed by atoms with Crippen LogP contribution in [-0.2, 0) is 4.79 Å². The Kier molecular flexibility index (Phi) is 6.69. The first-order valence-corrected chi connectivity index (χ1v) is 10.1. The third-order valence-electron chi connectivity index (χ3n) is 5.36. The quantitative estimate of drug-likeness (QED) is 0.345. The molecular weight excluding hydrogens is 364 g/mol. The van der Waals surface area contributed by atoms with E-state index in [4.69, 9.17) is 10.8 Å². The van der Waals surface area contributed by atoms with E-state index in [-0.39, 0.29) is 5.91 Å². The van der Waals surface area contributed by atoms with Crippen molar-refractivity contribution in [3.63, 3.8) is 0 Å². The average molecular weight is 395 g/mol. The third kappa shape index (κ3) is 5.47. The number of allylic oxidation sites excluding steroid dienone is 1. The lowest BCUT2D eigenvalue weighted by atomic mass is 10.0. The molecule has 0 bridgehead atoms. The fraction of sp³-hybridized carbons (Fsp3) is 0.409. The number of rotatable bonds is 8. The molecule has 29 heavy (non-hydrogen) atoms. The van der Waals surface area contributed by atoms with Gasteiger partial charge in [0.05, 0.1) is 6.54 Å². The van der Waals surface area contributed by atoms with Crippen molar-refractivity contribution >= 4 is 29.3 Å². The van der Waals surface area contributed by atoms with Crippen molar-refractivity contribution < 1.29 is 4.79 Å². The highest BCUT2D eigenvalue weighted by molar-refractivity contribution is 6.07. The predicted octanol–water partition coefficient (Wildman–Crippen LogP) is 2.79. The summed E-state index contributed by atoms with van der Waals surface area (Å²) in [7, 11) is 1.82. The zero-order valence-corrected chi connectivity index (χ0v) is 17.1. The Labute approximate surface area is 172 Å². The van der Waals surface area contributed by atoms with Crippen molar-refractivity contribution in [1.82, 2.24) is 15.5 Å². The molecule has 1 aromatic rings. The second-order valence-corrected chi connectivity index (χ2v) is 7.55. The van der Waals surface area contributed by atoms with Gasteiger partial charge in [-0.05, 0) is 42.5 Å². The molecule has 0 unspecified atom stereocenters. The number of hydrogen-bond donors (Lipinski definition) is 5. The lowest BCUT2D eigenvalue weighted by Crippen LogP contribution is -2.41. The first-order chi connectivity index (χ1) is 14.0. The molecule has 1 aliphatic carbocycles. The molecule has 0 spiro atoms. The van der Waals surface area contributed by atoms with Crippen LogP contribution in [0.25, 0.3) is 5.70 Å². The first kappa shape index (κ1) is 20.6. The van der Waals surface area contributed by atoms with E-state index >= 15 is 0 Å². The Balaban J connectivity index is 1.79. The van der Waals surface area contributed by atoms with Gasteiger partial charge in [0.2, 0.25) is 5.91 Å². The van der Waals surface area contributed by atoms with Crippen LogP contribution in [0.3, 0.4) is 0 Å². The van der Waals surface area contributed by atoms with Crippen molar-refractivity contribution in [3.05, 3.63) is 47.2 Å². The Morgan fingerprint density at radius 2 is 2.14 bits per heavy atom. The minimum absolute atomic E-state index is 0.0361. The first-order valence-electron chi connectivity index (χ1n) is 10.1. The van der Waals surface area contributed by atoms with Gasteiger partial charge in [-0.2, -0.15) is 0 Å². The smallest absolute Gasteiger partial charge is 0.219 e. The van der Waals surface area contributed by atoms with Crippen LogP contribution in [0.15, 0.2) is 41.6 Å². The third-order valence-corrected chi connectivity index (χ3v) is 5.36. The molecule has 7 heteroatoms. The van der Waals surface area contributed by atoms with Crippen LogP contribution in [0.4, 0.5) is 5.69 Å². The Hall–Kier alpha value is -3.09. The molecule has 3 rings (SSSR count). The summed E-state index contributed by atoms with van der Waals surface area (Å²) < 4.78 is 0. The summed E-state index contributed by atoms with van der Waals surface area (Å²) in [6.45, 7) is 3.66. The molecule has 2 aliphatic rings. The molecule has 0 radical (unpaired) electrons. The van der Waals surface area contributed by atoms with E-state index in [2.05, 4.69) is 16.0 Å². The summed E-state index contributed by atoms with van der Waals surface area (Å²) >= 11 is 0. The maximum absolute atomic E-state index is 11.9. The van der Waals surface area contributed by atoms with Gasteiger partial charge in [0.25, 0.3) is 0 Å².